The Bertz CT molecular complexity index is 776. The fourth-order valence-electron chi connectivity index (χ4n) is 2.35. The Hall–Kier alpha value is -1.88. The third kappa shape index (κ3) is 1.73. The van der Waals surface area contributed by atoms with Crippen LogP contribution >= 0.6 is 15.9 Å². The number of benzene rings is 1. The van der Waals surface area contributed by atoms with E-state index in [1.54, 1.807) is 0 Å². The molecule has 2 aromatic heterocycles. The second kappa shape index (κ2) is 4.35. The maximum absolute atomic E-state index is 5.98. The molecule has 0 aliphatic rings. The molecule has 2 heterocycles. The second-order valence-corrected chi connectivity index (χ2v) is 5.31. The van der Waals surface area contributed by atoms with Crippen molar-refractivity contribution in [1.82, 2.24) is 14.5 Å². The molecule has 4 nitrogen and oxygen atoms in total. The Morgan fingerprint density at radius 1 is 1.16 bits per heavy atom. The predicted molar refractivity (Wildman–Crippen MR) is 80.5 cm³/mol. The lowest BCUT2D eigenvalue weighted by Gasteiger charge is -2.09. The zero-order chi connectivity index (χ0) is 13.6. The molecule has 0 amide bonds. The Morgan fingerprint density at radius 2 is 1.89 bits per heavy atom. The monoisotopic (exact) mass is 316 g/mol. The molecule has 0 radical (unpaired) electrons. The van der Waals surface area contributed by atoms with Crippen molar-refractivity contribution >= 4 is 32.8 Å². The number of aryl methyl sites for hydroxylation is 1. The first kappa shape index (κ1) is 12.2. The van der Waals surface area contributed by atoms with Gasteiger partial charge in [0.25, 0.3) is 0 Å². The van der Waals surface area contributed by atoms with Crippen LogP contribution in [0.2, 0.25) is 0 Å². The lowest BCUT2D eigenvalue weighted by Crippen LogP contribution is -1.99. The van der Waals surface area contributed by atoms with Crippen molar-refractivity contribution in [3.8, 4) is 5.69 Å². The van der Waals surface area contributed by atoms with Crippen molar-refractivity contribution in [2.24, 2.45) is 0 Å². The average Bonchev–Trinajstić information content (AvgIpc) is 2.64. The molecule has 0 saturated heterocycles. The first-order valence-electron chi connectivity index (χ1n) is 5.94. The number of aromatic nitrogens is 3. The minimum absolute atomic E-state index is 0.524. The Kier molecular flexibility index (Phi) is 2.78. The van der Waals surface area contributed by atoms with E-state index >= 15 is 0 Å². The van der Waals surface area contributed by atoms with Gasteiger partial charge in [0.15, 0.2) is 5.65 Å². The number of nitrogens with zero attached hydrogens (tertiary/aromatic N) is 3. The third-order valence-electron chi connectivity index (χ3n) is 3.41. The van der Waals surface area contributed by atoms with Gasteiger partial charge in [-0.3, -0.25) is 4.57 Å². The van der Waals surface area contributed by atoms with Gasteiger partial charge in [-0.15, -0.1) is 0 Å². The summed E-state index contributed by atoms with van der Waals surface area (Å²) in [6.45, 7) is 4.11. The van der Waals surface area contributed by atoms with Gasteiger partial charge >= 0.3 is 0 Å². The SMILES string of the molecule is Cc1c(C)n(-c2ccccc2Br)c2ncnc(N)c12. The van der Waals surface area contributed by atoms with Crippen molar-refractivity contribution in [2.75, 3.05) is 5.73 Å². The van der Waals surface area contributed by atoms with E-state index in [0.717, 1.165) is 32.5 Å². The number of hydrogen-bond acceptors (Lipinski definition) is 3. The van der Waals surface area contributed by atoms with E-state index in [4.69, 9.17) is 5.73 Å². The summed E-state index contributed by atoms with van der Waals surface area (Å²) in [5, 5.41) is 0.927. The van der Waals surface area contributed by atoms with Crippen LogP contribution in [0.1, 0.15) is 11.3 Å². The molecule has 0 aliphatic carbocycles. The normalized spacial score (nSPS) is 11.1. The van der Waals surface area contributed by atoms with Gasteiger partial charge in [0.05, 0.1) is 11.1 Å². The molecule has 1 aromatic carbocycles. The molecule has 19 heavy (non-hydrogen) atoms. The molecular weight excluding hydrogens is 304 g/mol. The topological polar surface area (TPSA) is 56.7 Å². The second-order valence-electron chi connectivity index (χ2n) is 4.45. The third-order valence-corrected chi connectivity index (χ3v) is 4.09. The number of nitrogens with two attached hydrogens (primary N) is 1. The summed E-state index contributed by atoms with van der Waals surface area (Å²) in [5.41, 5.74) is 10.1. The molecule has 0 spiro atoms. The molecule has 2 N–H and O–H groups in total. The number of anilines is 1. The molecule has 0 saturated carbocycles. The van der Waals surface area contributed by atoms with Gasteiger partial charge < -0.3 is 5.73 Å². The van der Waals surface area contributed by atoms with Crippen molar-refractivity contribution < 1.29 is 0 Å². The number of halogens is 1. The van der Waals surface area contributed by atoms with Gasteiger partial charge in [-0.05, 0) is 47.5 Å². The quantitative estimate of drug-likeness (QED) is 0.748. The highest BCUT2D eigenvalue weighted by atomic mass is 79.9. The summed E-state index contributed by atoms with van der Waals surface area (Å²) in [5.74, 6) is 0.524. The minimum Gasteiger partial charge on any atom is -0.383 e. The smallest absolute Gasteiger partial charge is 0.150 e. The lowest BCUT2D eigenvalue weighted by molar-refractivity contribution is 1.01. The summed E-state index contributed by atoms with van der Waals surface area (Å²) in [7, 11) is 0. The van der Waals surface area contributed by atoms with Gasteiger partial charge in [-0.25, -0.2) is 9.97 Å². The van der Waals surface area contributed by atoms with E-state index in [1.165, 1.54) is 6.33 Å². The van der Waals surface area contributed by atoms with Crippen LogP contribution in [0, 0.1) is 13.8 Å². The first-order chi connectivity index (χ1) is 9.11. The first-order valence-corrected chi connectivity index (χ1v) is 6.73. The minimum atomic E-state index is 0.524. The van der Waals surface area contributed by atoms with E-state index < -0.39 is 0 Å². The number of fused-ring (bicyclic) bond motifs is 1. The Morgan fingerprint density at radius 3 is 2.63 bits per heavy atom. The molecule has 0 atom stereocenters. The van der Waals surface area contributed by atoms with E-state index in [0.29, 0.717) is 5.82 Å². The molecule has 3 rings (SSSR count). The van der Waals surface area contributed by atoms with E-state index in [1.807, 2.05) is 31.2 Å². The van der Waals surface area contributed by atoms with Crippen LogP contribution in [-0.4, -0.2) is 14.5 Å². The van der Waals surface area contributed by atoms with Crippen LogP contribution in [0.5, 0.6) is 0 Å². The molecule has 0 aliphatic heterocycles. The van der Waals surface area contributed by atoms with Gasteiger partial charge in [0.2, 0.25) is 0 Å². The summed E-state index contributed by atoms with van der Waals surface area (Å²) in [4.78, 5) is 8.47. The number of rotatable bonds is 1. The van der Waals surface area contributed by atoms with E-state index in [-0.39, 0.29) is 0 Å². The van der Waals surface area contributed by atoms with Gasteiger partial charge in [-0.2, -0.15) is 0 Å². The van der Waals surface area contributed by atoms with Gasteiger partial charge in [0, 0.05) is 10.2 Å². The molecular formula is C14H13BrN4. The molecule has 0 fully saturated rings. The molecule has 0 bridgehead atoms. The molecule has 96 valence electrons. The van der Waals surface area contributed by atoms with E-state index in [9.17, 15) is 0 Å². The molecule has 3 aromatic rings. The number of para-hydroxylation sites is 1. The Balaban J connectivity index is 2.46. The number of hydrogen-bond donors (Lipinski definition) is 1. The standard InChI is InChI=1S/C14H13BrN4/c1-8-9(2)19(11-6-4-3-5-10(11)15)14-12(8)13(16)17-7-18-14/h3-7H,1-2H3,(H2,16,17,18). The molecule has 5 heteroatoms. The maximum Gasteiger partial charge on any atom is 0.150 e. The zero-order valence-corrected chi connectivity index (χ0v) is 12.3. The highest BCUT2D eigenvalue weighted by Crippen LogP contribution is 2.32. The van der Waals surface area contributed by atoms with Gasteiger partial charge in [-0.1, -0.05) is 12.1 Å². The largest absolute Gasteiger partial charge is 0.383 e. The fourth-order valence-corrected chi connectivity index (χ4v) is 2.82. The van der Waals surface area contributed by atoms with Crippen molar-refractivity contribution in [3.63, 3.8) is 0 Å². The highest BCUT2D eigenvalue weighted by Gasteiger charge is 2.17. The van der Waals surface area contributed by atoms with Crippen LogP contribution < -0.4 is 5.73 Å². The number of nitrogen functional groups attached to an aromatic ring is 1. The molecule has 0 unspecified atom stereocenters. The van der Waals surface area contributed by atoms with Gasteiger partial charge in [0.1, 0.15) is 12.1 Å². The Labute approximate surface area is 119 Å². The zero-order valence-electron chi connectivity index (χ0n) is 10.7. The van der Waals surface area contributed by atoms with Crippen LogP contribution in [0.3, 0.4) is 0 Å². The van der Waals surface area contributed by atoms with Crippen LogP contribution in [0.4, 0.5) is 5.82 Å². The maximum atomic E-state index is 5.98. The van der Waals surface area contributed by atoms with E-state index in [2.05, 4.69) is 37.4 Å². The predicted octanol–water partition coefficient (Wildman–Crippen LogP) is 3.38. The average molecular weight is 317 g/mol. The highest BCUT2D eigenvalue weighted by molar-refractivity contribution is 9.10. The summed E-state index contributed by atoms with van der Waals surface area (Å²) in [6.07, 6.45) is 1.50. The van der Waals surface area contributed by atoms with Crippen LogP contribution in [0.25, 0.3) is 16.7 Å². The fraction of sp³-hybridized carbons (Fsp3) is 0.143. The van der Waals surface area contributed by atoms with Crippen molar-refractivity contribution in [3.05, 3.63) is 46.3 Å². The lowest BCUT2D eigenvalue weighted by atomic mass is 10.2. The van der Waals surface area contributed by atoms with Crippen molar-refractivity contribution in [2.45, 2.75) is 13.8 Å². The van der Waals surface area contributed by atoms with Crippen LogP contribution in [-0.2, 0) is 0 Å². The summed E-state index contributed by atoms with van der Waals surface area (Å²) in [6, 6.07) is 8.06. The summed E-state index contributed by atoms with van der Waals surface area (Å²) >= 11 is 3.59. The van der Waals surface area contributed by atoms with Crippen molar-refractivity contribution in [1.29, 1.82) is 0 Å². The van der Waals surface area contributed by atoms with Crippen LogP contribution in [0.15, 0.2) is 35.1 Å². The summed E-state index contributed by atoms with van der Waals surface area (Å²) < 4.78 is 3.12.